The Morgan fingerprint density at radius 2 is 1.91 bits per heavy atom. The van der Waals surface area contributed by atoms with Crippen LogP contribution in [0.3, 0.4) is 0 Å². The molecule has 1 aromatic rings. The van der Waals surface area contributed by atoms with Crippen molar-refractivity contribution in [3.05, 3.63) is 35.9 Å². The summed E-state index contributed by atoms with van der Waals surface area (Å²) in [4.78, 5) is 36.3. The lowest BCUT2D eigenvalue weighted by atomic mass is 10.2. The molecular formula is C16H20N2O4. The molecule has 6 heteroatoms. The minimum atomic E-state index is -0.953. The number of aliphatic carboxylic acids is 1. The van der Waals surface area contributed by atoms with Crippen molar-refractivity contribution in [3.8, 4) is 0 Å². The third-order valence-corrected chi connectivity index (χ3v) is 3.81. The summed E-state index contributed by atoms with van der Waals surface area (Å²) in [5.74, 6) is -2.56. The summed E-state index contributed by atoms with van der Waals surface area (Å²) in [6.07, 6.45) is 0.358. The number of amides is 2. The Labute approximate surface area is 129 Å². The molecule has 2 N–H and O–H groups in total. The van der Waals surface area contributed by atoms with Gasteiger partial charge in [-0.15, -0.1) is 0 Å². The molecule has 1 aliphatic carbocycles. The first-order valence-corrected chi connectivity index (χ1v) is 7.35. The Hall–Kier alpha value is -2.37. The van der Waals surface area contributed by atoms with Crippen LogP contribution in [0.25, 0.3) is 0 Å². The highest BCUT2D eigenvalue weighted by atomic mass is 16.4. The molecule has 2 unspecified atom stereocenters. The number of rotatable bonds is 7. The second-order valence-corrected chi connectivity index (χ2v) is 5.40. The molecule has 1 aromatic carbocycles. The van der Waals surface area contributed by atoms with E-state index in [1.807, 2.05) is 37.3 Å². The Morgan fingerprint density at radius 1 is 1.23 bits per heavy atom. The molecule has 1 fully saturated rings. The van der Waals surface area contributed by atoms with Crippen LogP contribution in [-0.4, -0.2) is 40.9 Å². The number of hydrogen-bond donors (Lipinski definition) is 2. The van der Waals surface area contributed by atoms with Crippen molar-refractivity contribution in [1.82, 2.24) is 10.2 Å². The Morgan fingerprint density at radius 3 is 2.45 bits per heavy atom. The van der Waals surface area contributed by atoms with Crippen LogP contribution in [0, 0.1) is 11.8 Å². The standard InChI is InChI=1S/C16H20N2O4/c1-2-18(10-11-6-4-3-5-7-11)14(19)9-17-15(20)12-8-13(12)16(21)22/h3-7,12-13H,2,8-10H2,1H3,(H,17,20)(H,21,22). The van der Waals surface area contributed by atoms with E-state index in [4.69, 9.17) is 5.11 Å². The van der Waals surface area contributed by atoms with E-state index in [1.165, 1.54) is 0 Å². The number of carbonyl (C=O) groups is 3. The molecule has 0 saturated heterocycles. The predicted octanol–water partition coefficient (Wildman–Crippen LogP) is 0.872. The van der Waals surface area contributed by atoms with Crippen LogP contribution >= 0.6 is 0 Å². The molecule has 6 nitrogen and oxygen atoms in total. The molecule has 22 heavy (non-hydrogen) atoms. The number of nitrogens with one attached hydrogen (secondary N) is 1. The number of carboxylic acids is 1. The fourth-order valence-electron chi connectivity index (χ4n) is 2.34. The molecule has 0 spiro atoms. The average molecular weight is 304 g/mol. The molecule has 0 radical (unpaired) electrons. The average Bonchev–Trinajstić information content (AvgIpc) is 3.31. The molecule has 118 valence electrons. The van der Waals surface area contributed by atoms with Gasteiger partial charge in [-0.2, -0.15) is 0 Å². The van der Waals surface area contributed by atoms with Gasteiger partial charge < -0.3 is 15.3 Å². The number of nitrogens with zero attached hydrogens (tertiary/aromatic N) is 1. The van der Waals surface area contributed by atoms with Crippen LogP contribution in [0.2, 0.25) is 0 Å². The molecule has 0 heterocycles. The van der Waals surface area contributed by atoms with E-state index in [9.17, 15) is 14.4 Å². The van der Waals surface area contributed by atoms with E-state index >= 15 is 0 Å². The second kappa shape index (κ2) is 7.06. The molecule has 0 bridgehead atoms. The highest BCUT2D eigenvalue weighted by molar-refractivity contribution is 5.91. The first-order valence-electron chi connectivity index (χ1n) is 7.35. The van der Waals surface area contributed by atoms with E-state index in [0.29, 0.717) is 19.5 Å². The minimum absolute atomic E-state index is 0.0949. The predicted molar refractivity (Wildman–Crippen MR) is 79.8 cm³/mol. The van der Waals surface area contributed by atoms with Crippen molar-refractivity contribution in [2.75, 3.05) is 13.1 Å². The fraction of sp³-hybridized carbons (Fsp3) is 0.438. The smallest absolute Gasteiger partial charge is 0.307 e. The van der Waals surface area contributed by atoms with Gasteiger partial charge >= 0.3 is 5.97 Å². The first kappa shape index (κ1) is 16.0. The number of carboxylic acid groups (broad SMARTS) is 1. The molecule has 1 aliphatic rings. The zero-order valence-corrected chi connectivity index (χ0v) is 12.5. The van der Waals surface area contributed by atoms with E-state index in [-0.39, 0.29) is 18.4 Å². The molecule has 2 atom stereocenters. The molecule has 2 rings (SSSR count). The number of carbonyl (C=O) groups excluding carboxylic acids is 2. The topological polar surface area (TPSA) is 86.7 Å². The summed E-state index contributed by atoms with van der Waals surface area (Å²) in [6, 6.07) is 9.62. The number of benzene rings is 1. The molecule has 1 saturated carbocycles. The van der Waals surface area contributed by atoms with Crippen molar-refractivity contribution < 1.29 is 19.5 Å². The van der Waals surface area contributed by atoms with Gasteiger partial charge in [0.25, 0.3) is 0 Å². The summed E-state index contributed by atoms with van der Waals surface area (Å²) in [5.41, 5.74) is 1.03. The molecule has 0 aromatic heterocycles. The number of hydrogen-bond acceptors (Lipinski definition) is 3. The zero-order chi connectivity index (χ0) is 16.1. The maximum Gasteiger partial charge on any atom is 0.307 e. The SMILES string of the molecule is CCN(Cc1ccccc1)C(=O)CNC(=O)C1CC1C(=O)O. The van der Waals surface area contributed by atoms with Crippen LogP contribution in [0.1, 0.15) is 18.9 Å². The van der Waals surface area contributed by atoms with Gasteiger partial charge in [0, 0.05) is 13.1 Å². The van der Waals surface area contributed by atoms with E-state index < -0.39 is 17.8 Å². The van der Waals surface area contributed by atoms with E-state index in [2.05, 4.69) is 5.32 Å². The Bertz CT molecular complexity index is 559. The quantitative estimate of drug-likeness (QED) is 0.782. The summed E-state index contributed by atoms with van der Waals surface area (Å²) < 4.78 is 0. The van der Waals surface area contributed by atoms with Gasteiger partial charge in [0.1, 0.15) is 0 Å². The van der Waals surface area contributed by atoms with Crippen LogP contribution in [0.5, 0.6) is 0 Å². The first-order chi connectivity index (χ1) is 10.5. The van der Waals surface area contributed by atoms with Crippen molar-refractivity contribution in [2.24, 2.45) is 11.8 Å². The Kier molecular flexibility index (Phi) is 5.14. The van der Waals surface area contributed by atoms with Gasteiger partial charge in [-0.25, -0.2) is 0 Å². The molecular weight excluding hydrogens is 284 g/mol. The normalized spacial score (nSPS) is 19.3. The summed E-state index contributed by atoms with van der Waals surface area (Å²) >= 11 is 0. The maximum atomic E-state index is 12.1. The second-order valence-electron chi connectivity index (χ2n) is 5.40. The van der Waals surface area contributed by atoms with Gasteiger partial charge in [-0.1, -0.05) is 30.3 Å². The molecule has 2 amide bonds. The molecule has 0 aliphatic heterocycles. The van der Waals surface area contributed by atoms with Gasteiger partial charge in [-0.3, -0.25) is 14.4 Å². The van der Waals surface area contributed by atoms with Crippen LogP contribution in [-0.2, 0) is 20.9 Å². The van der Waals surface area contributed by atoms with Gasteiger partial charge in [-0.05, 0) is 18.9 Å². The lowest BCUT2D eigenvalue weighted by Gasteiger charge is -2.21. The van der Waals surface area contributed by atoms with Gasteiger partial charge in [0.2, 0.25) is 11.8 Å². The third-order valence-electron chi connectivity index (χ3n) is 3.81. The largest absolute Gasteiger partial charge is 0.481 e. The van der Waals surface area contributed by atoms with E-state index in [1.54, 1.807) is 4.90 Å². The van der Waals surface area contributed by atoms with E-state index in [0.717, 1.165) is 5.56 Å². The van der Waals surface area contributed by atoms with Crippen LogP contribution in [0.15, 0.2) is 30.3 Å². The van der Waals surface area contributed by atoms with Crippen molar-refractivity contribution >= 4 is 17.8 Å². The van der Waals surface area contributed by atoms with Crippen molar-refractivity contribution in [1.29, 1.82) is 0 Å². The maximum absolute atomic E-state index is 12.1. The fourth-order valence-corrected chi connectivity index (χ4v) is 2.34. The third kappa shape index (κ3) is 4.07. The monoisotopic (exact) mass is 304 g/mol. The summed E-state index contributed by atoms with van der Waals surface area (Å²) in [6.45, 7) is 2.82. The van der Waals surface area contributed by atoms with Crippen molar-refractivity contribution in [3.63, 3.8) is 0 Å². The minimum Gasteiger partial charge on any atom is -0.481 e. The van der Waals surface area contributed by atoms with Gasteiger partial charge in [0.05, 0.1) is 18.4 Å². The number of likely N-dealkylation sites (N-methyl/N-ethyl adjacent to an activating group) is 1. The highest BCUT2D eigenvalue weighted by Crippen LogP contribution is 2.38. The highest BCUT2D eigenvalue weighted by Gasteiger charge is 2.48. The van der Waals surface area contributed by atoms with Gasteiger partial charge in [0.15, 0.2) is 0 Å². The summed E-state index contributed by atoms with van der Waals surface area (Å²) in [5, 5.41) is 11.3. The van der Waals surface area contributed by atoms with Crippen molar-refractivity contribution in [2.45, 2.75) is 19.9 Å². The lowest BCUT2D eigenvalue weighted by Crippen LogP contribution is -2.40. The van der Waals surface area contributed by atoms with Crippen LogP contribution < -0.4 is 5.32 Å². The van der Waals surface area contributed by atoms with Crippen LogP contribution in [0.4, 0.5) is 0 Å². The zero-order valence-electron chi connectivity index (χ0n) is 12.5. The lowest BCUT2D eigenvalue weighted by molar-refractivity contribution is -0.140. The Balaban J connectivity index is 1.80. The summed E-state index contributed by atoms with van der Waals surface area (Å²) in [7, 11) is 0.